The Labute approximate surface area is 177 Å². The summed E-state index contributed by atoms with van der Waals surface area (Å²) in [6.45, 7) is 5.64. The number of carbonyl (C=O) groups is 1. The first-order valence-electron chi connectivity index (χ1n) is 9.75. The molecule has 0 saturated carbocycles. The molecule has 0 aromatic heterocycles. The molecule has 8 nitrogen and oxygen atoms in total. The summed E-state index contributed by atoms with van der Waals surface area (Å²) in [6, 6.07) is 11.6. The van der Waals surface area contributed by atoms with Crippen LogP contribution in [0.4, 0.5) is 5.69 Å². The topological polar surface area (TPSA) is 97.0 Å². The second-order valence-electron chi connectivity index (χ2n) is 6.98. The lowest BCUT2D eigenvalue weighted by molar-refractivity contribution is 0.0390. The third kappa shape index (κ3) is 5.57. The lowest BCUT2D eigenvalue weighted by Gasteiger charge is -2.26. The maximum atomic E-state index is 12.7. The number of morpholine rings is 1. The fraction of sp³-hybridized carbons (Fsp3) is 0.381. The molecular weight excluding hydrogens is 406 g/mol. The maximum Gasteiger partial charge on any atom is 0.256 e. The predicted molar refractivity (Wildman–Crippen MR) is 115 cm³/mol. The Bertz CT molecular complexity index is 988. The number of aryl methyl sites for hydroxylation is 1. The Morgan fingerprint density at radius 3 is 2.60 bits per heavy atom. The van der Waals surface area contributed by atoms with Crippen LogP contribution >= 0.6 is 0 Å². The van der Waals surface area contributed by atoms with Gasteiger partial charge in [-0.3, -0.25) is 9.69 Å². The van der Waals surface area contributed by atoms with Gasteiger partial charge in [0.2, 0.25) is 10.0 Å². The number of benzene rings is 2. The molecule has 9 heteroatoms. The SMILES string of the molecule is COc1ccc(S(=O)(=O)NCCN2CCOCC2)cc1NC(=O)c1ccccc1C. The van der Waals surface area contributed by atoms with Crippen molar-refractivity contribution in [3.63, 3.8) is 0 Å². The molecule has 2 aromatic rings. The number of hydrogen-bond donors (Lipinski definition) is 2. The van der Waals surface area contributed by atoms with Crippen LogP contribution in [0.25, 0.3) is 0 Å². The molecule has 30 heavy (non-hydrogen) atoms. The number of amides is 1. The van der Waals surface area contributed by atoms with E-state index in [9.17, 15) is 13.2 Å². The lowest BCUT2D eigenvalue weighted by Crippen LogP contribution is -2.41. The number of methoxy groups -OCH3 is 1. The molecule has 2 N–H and O–H groups in total. The highest BCUT2D eigenvalue weighted by atomic mass is 32.2. The van der Waals surface area contributed by atoms with Crippen LogP contribution in [0.15, 0.2) is 47.4 Å². The zero-order valence-electron chi connectivity index (χ0n) is 17.2. The van der Waals surface area contributed by atoms with E-state index in [1.165, 1.54) is 25.3 Å². The largest absolute Gasteiger partial charge is 0.495 e. The zero-order valence-corrected chi connectivity index (χ0v) is 18.0. The molecule has 1 fully saturated rings. The molecule has 3 rings (SSSR count). The summed E-state index contributed by atoms with van der Waals surface area (Å²) in [6.07, 6.45) is 0. The normalized spacial score (nSPS) is 15.0. The van der Waals surface area contributed by atoms with Gasteiger partial charge in [-0.1, -0.05) is 18.2 Å². The van der Waals surface area contributed by atoms with Crippen molar-refractivity contribution < 1.29 is 22.7 Å². The van der Waals surface area contributed by atoms with Crippen molar-refractivity contribution in [3.8, 4) is 5.75 Å². The van der Waals surface area contributed by atoms with Crippen LogP contribution in [-0.2, 0) is 14.8 Å². The minimum Gasteiger partial charge on any atom is -0.495 e. The molecule has 2 aromatic carbocycles. The number of ether oxygens (including phenoxy) is 2. The number of rotatable bonds is 8. The van der Waals surface area contributed by atoms with Crippen LogP contribution in [0.5, 0.6) is 5.75 Å². The summed E-state index contributed by atoms with van der Waals surface area (Å²) in [5.74, 6) is 0.0467. The molecule has 1 aliphatic rings. The molecule has 0 bridgehead atoms. The first kappa shape index (κ1) is 22.2. The highest BCUT2D eigenvalue weighted by molar-refractivity contribution is 7.89. The Hall–Kier alpha value is -2.46. The summed E-state index contributed by atoms with van der Waals surface area (Å²) in [7, 11) is -2.27. The monoisotopic (exact) mass is 433 g/mol. The highest BCUT2D eigenvalue weighted by Gasteiger charge is 2.19. The van der Waals surface area contributed by atoms with E-state index in [0.717, 1.165) is 18.7 Å². The summed E-state index contributed by atoms with van der Waals surface area (Å²) in [5, 5.41) is 2.76. The number of hydrogen-bond acceptors (Lipinski definition) is 6. The molecule has 0 radical (unpaired) electrons. The van der Waals surface area contributed by atoms with Gasteiger partial charge in [0, 0.05) is 31.7 Å². The van der Waals surface area contributed by atoms with E-state index in [4.69, 9.17) is 9.47 Å². The van der Waals surface area contributed by atoms with Gasteiger partial charge in [-0.2, -0.15) is 0 Å². The molecule has 0 spiro atoms. The van der Waals surface area contributed by atoms with Crippen LogP contribution in [0.2, 0.25) is 0 Å². The van der Waals surface area contributed by atoms with Gasteiger partial charge < -0.3 is 14.8 Å². The number of sulfonamides is 1. The highest BCUT2D eigenvalue weighted by Crippen LogP contribution is 2.28. The molecule has 162 valence electrons. The van der Waals surface area contributed by atoms with Crippen LogP contribution in [0.3, 0.4) is 0 Å². The first-order valence-corrected chi connectivity index (χ1v) is 11.2. The van der Waals surface area contributed by atoms with E-state index in [1.807, 2.05) is 19.1 Å². The van der Waals surface area contributed by atoms with E-state index in [-0.39, 0.29) is 10.8 Å². The predicted octanol–water partition coefficient (Wildman–Crippen LogP) is 1.87. The van der Waals surface area contributed by atoms with Crippen molar-refractivity contribution in [1.82, 2.24) is 9.62 Å². The van der Waals surface area contributed by atoms with Crippen molar-refractivity contribution in [2.24, 2.45) is 0 Å². The lowest BCUT2D eigenvalue weighted by atomic mass is 10.1. The smallest absolute Gasteiger partial charge is 0.256 e. The quantitative estimate of drug-likeness (QED) is 0.660. The summed E-state index contributed by atoms with van der Waals surface area (Å²) in [5.41, 5.74) is 1.63. The van der Waals surface area contributed by atoms with Crippen molar-refractivity contribution in [3.05, 3.63) is 53.6 Å². The van der Waals surface area contributed by atoms with Crippen LogP contribution in [0, 0.1) is 6.92 Å². The van der Waals surface area contributed by atoms with Crippen molar-refractivity contribution in [1.29, 1.82) is 0 Å². The Kier molecular flexibility index (Phi) is 7.43. The second kappa shape index (κ2) is 10.0. The van der Waals surface area contributed by atoms with Gasteiger partial charge >= 0.3 is 0 Å². The molecule has 1 amide bonds. The third-order valence-corrected chi connectivity index (χ3v) is 6.40. The van der Waals surface area contributed by atoms with Crippen LogP contribution < -0.4 is 14.8 Å². The molecule has 0 aliphatic carbocycles. The average Bonchev–Trinajstić information content (AvgIpc) is 2.74. The number of nitrogens with one attached hydrogen (secondary N) is 2. The minimum absolute atomic E-state index is 0.0605. The van der Waals surface area contributed by atoms with Gasteiger partial charge in [-0.25, -0.2) is 13.1 Å². The van der Waals surface area contributed by atoms with Gasteiger partial charge in [0.05, 0.1) is 30.9 Å². The average molecular weight is 434 g/mol. The van der Waals surface area contributed by atoms with Gasteiger partial charge in [0.15, 0.2) is 0 Å². The number of nitrogens with zero attached hydrogens (tertiary/aromatic N) is 1. The van der Waals surface area contributed by atoms with Crippen molar-refractivity contribution >= 4 is 21.6 Å². The zero-order chi connectivity index (χ0) is 21.6. The van der Waals surface area contributed by atoms with Crippen LogP contribution in [-0.4, -0.2) is 65.7 Å². The Balaban J connectivity index is 1.72. The summed E-state index contributed by atoms with van der Waals surface area (Å²) in [4.78, 5) is 14.9. The molecule has 1 aliphatic heterocycles. The maximum absolute atomic E-state index is 12.7. The number of carbonyl (C=O) groups excluding carboxylic acids is 1. The molecule has 1 heterocycles. The van der Waals surface area contributed by atoms with Gasteiger partial charge in [0.1, 0.15) is 5.75 Å². The molecule has 1 saturated heterocycles. The van der Waals surface area contributed by atoms with E-state index >= 15 is 0 Å². The van der Waals surface area contributed by atoms with Gasteiger partial charge in [-0.05, 0) is 36.8 Å². The fourth-order valence-electron chi connectivity index (χ4n) is 3.22. The summed E-state index contributed by atoms with van der Waals surface area (Å²) < 4.78 is 38.7. The van der Waals surface area contributed by atoms with Gasteiger partial charge in [0.25, 0.3) is 5.91 Å². The van der Waals surface area contributed by atoms with Gasteiger partial charge in [-0.15, -0.1) is 0 Å². The molecule has 0 atom stereocenters. The van der Waals surface area contributed by atoms with E-state index < -0.39 is 10.0 Å². The minimum atomic E-state index is -3.73. The van der Waals surface area contributed by atoms with Crippen molar-refractivity contribution in [2.75, 3.05) is 51.8 Å². The van der Waals surface area contributed by atoms with E-state index in [2.05, 4.69) is 14.9 Å². The summed E-state index contributed by atoms with van der Waals surface area (Å²) >= 11 is 0. The third-order valence-electron chi connectivity index (χ3n) is 4.94. The Morgan fingerprint density at radius 1 is 1.17 bits per heavy atom. The molecular formula is C21H27N3O5S. The molecule has 0 unspecified atom stereocenters. The van der Waals surface area contributed by atoms with E-state index in [0.29, 0.717) is 43.3 Å². The second-order valence-corrected chi connectivity index (χ2v) is 8.75. The van der Waals surface area contributed by atoms with Crippen molar-refractivity contribution in [2.45, 2.75) is 11.8 Å². The number of anilines is 1. The fourth-order valence-corrected chi connectivity index (χ4v) is 4.26. The first-order chi connectivity index (χ1) is 14.4. The van der Waals surface area contributed by atoms with E-state index in [1.54, 1.807) is 12.1 Å². The standard InChI is InChI=1S/C21H27N3O5S/c1-16-5-3-4-6-18(16)21(25)23-19-15-17(7-8-20(19)28-2)30(26,27)22-9-10-24-11-13-29-14-12-24/h3-8,15,22H,9-14H2,1-2H3,(H,23,25). The Morgan fingerprint density at radius 2 is 1.90 bits per heavy atom. The van der Waals surface area contributed by atoms with Crippen LogP contribution in [0.1, 0.15) is 15.9 Å².